The van der Waals surface area contributed by atoms with Gasteiger partial charge in [0, 0.05) is 11.3 Å². The van der Waals surface area contributed by atoms with Crippen LogP contribution in [0.25, 0.3) is 0 Å². The van der Waals surface area contributed by atoms with Crippen LogP contribution in [0.3, 0.4) is 0 Å². The molecule has 1 aromatic heterocycles. The van der Waals surface area contributed by atoms with Crippen LogP contribution in [0.2, 0.25) is 0 Å². The summed E-state index contributed by atoms with van der Waals surface area (Å²) in [6.45, 7) is 7.06. The number of fused-ring (bicyclic) bond motifs is 1. The Balaban J connectivity index is 2.40. The zero-order chi connectivity index (χ0) is 16.4. The molecule has 2 rings (SSSR count). The molecule has 0 bridgehead atoms. The summed E-state index contributed by atoms with van der Waals surface area (Å²) in [4.78, 5) is 39.4. The van der Waals surface area contributed by atoms with Gasteiger partial charge in [0.15, 0.2) is 5.78 Å². The van der Waals surface area contributed by atoms with Crippen LogP contribution in [-0.2, 0) is 20.7 Å². The summed E-state index contributed by atoms with van der Waals surface area (Å²) in [6.07, 6.45) is 1.97. The molecule has 0 saturated carbocycles. The number of aromatic nitrogens is 1. The van der Waals surface area contributed by atoms with E-state index in [1.54, 1.807) is 6.92 Å². The van der Waals surface area contributed by atoms with Crippen molar-refractivity contribution in [3.8, 4) is 0 Å². The van der Waals surface area contributed by atoms with E-state index in [-0.39, 0.29) is 24.0 Å². The first-order chi connectivity index (χ1) is 10.4. The van der Waals surface area contributed by atoms with E-state index in [9.17, 15) is 14.4 Å². The third-order valence-corrected chi connectivity index (χ3v) is 3.94. The van der Waals surface area contributed by atoms with Crippen LogP contribution >= 0.6 is 0 Å². The second-order valence-electron chi connectivity index (χ2n) is 5.41. The molecule has 1 aromatic rings. The normalized spacial score (nSPS) is 20.2. The van der Waals surface area contributed by atoms with E-state index in [0.717, 1.165) is 0 Å². The highest BCUT2D eigenvalue weighted by atomic mass is 16.5. The van der Waals surface area contributed by atoms with Gasteiger partial charge in [-0.25, -0.2) is 4.79 Å². The molecule has 1 heterocycles. The molecule has 0 spiro atoms. The van der Waals surface area contributed by atoms with Gasteiger partial charge in [-0.2, -0.15) is 0 Å². The summed E-state index contributed by atoms with van der Waals surface area (Å²) in [5, 5.41) is 0. The van der Waals surface area contributed by atoms with E-state index >= 15 is 0 Å². The van der Waals surface area contributed by atoms with Crippen molar-refractivity contribution in [3.63, 3.8) is 0 Å². The highest BCUT2D eigenvalue weighted by molar-refractivity contribution is 6.12. The second-order valence-corrected chi connectivity index (χ2v) is 5.41. The van der Waals surface area contributed by atoms with Gasteiger partial charge in [-0.3, -0.25) is 9.59 Å². The third-order valence-electron chi connectivity index (χ3n) is 3.94. The summed E-state index contributed by atoms with van der Waals surface area (Å²) in [6, 6.07) is 0. The Morgan fingerprint density at radius 3 is 2.73 bits per heavy atom. The summed E-state index contributed by atoms with van der Waals surface area (Å²) in [7, 11) is 1.26. The minimum atomic E-state index is -0.830. The predicted molar refractivity (Wildman–Crippen MR) is 78.7 cm³/mol. The SMILES string of the molecule is C=CCOC(=O)c1[nH]c2c(c1C)C(=O)[C@@H](C(=O)OC)[C@@H](C)C2. The number of aromatic amines is 1. The molecule has 0 aliphatic heterocycles. The molecular formula is C16H19NO5. The quantitative estimate of drug-likeness (QED) is 0.521. The molecule has 118 valence electrons. The molecule has 0 fully saturated rings. The van der Waals surface area contributed by atoms with Crippen LogP contribution in [0, 0.1) is 18.8 Å². The van der Waals surface area contributed by atoms with Crippen molar-refractivity contribution in [2.45, 2.75) is 20.3 Å². The van der Waals surface area contributed by atoms with Gasteiger partial charge in [0.2, 0.25) is 0 Å². The van der Waals surface area contributed by atoms with Crippen LogP contribution in [-0.4, -0.2) is 36.4 Å². The first-order valence-electron chi connectivity index (χ1n) is 7.03. The minimum Gasteiger partial charge on any atom is -0.468 e. The molecular weight excluding hydrogens is 286 g/mol. The number of ketones is 1. The van der Waals surface area contributed by atoms with Crippen molar-refractivity contribution >= 4 is 17.7 Å². The molecule has 0 aromatic carbocycles. The second kappa shape index (κ2) is 6.17. The molecule has 0 radical (unpaired) electrons. The number of Topliss-reactive ketones (excluding diaryl/α,β-unsaturated/α-hetero) is 1. The van der Waals surface area contributed by atoms with Crippen LogP contribution in [0.5, 0.6) is 0 Å². The lowest BCUT2D eigenvalue weighted by molar-refractivity contribution is -0.145. The Morgan fingerprint density at radius 1 is 1.45 bits per heavy atom. The van der Waals surface area contributed by atoms with Crippen molar-refractivity contribution in [1.29, 1.82) is 0 Å². The standard InChI is InChI=1S/C16H19NO5/c1-5-6-22-16(20)13-9(3)12-10(17-13)7-8(2)11(14(12)18)15(19)21-4/h5,8,11,17H,1,6-7H2,2-4H3/t8-,11-/m0/s1. The van der Waals surface area contributed by atoms with Crippen molar-refractivity contribution in [2.24, 2.45) is 11.8 Å². The maximum atomic E-state index is 12.6. The first kappa shape index (κ1) is 16.0. The van der Waals surface area contributed by atoms with Crippen LogP contribution in [0.15, 0.2) is 12.7 Å². The molecule has 1 aliphatic carbocycles. The van der Waals surface area contributed by atoms with E-state index in [2.05, 4.69) is 11.6 Å². The Labute approximate surface area is 128 Å². The zero-order valence-corrected chi connectivity index (χ0v) is 12.9. The van der Waals surface area contributed by atoms with Gasteiger partial charge < -0.3 is 14.5 Å². The molecule has 0 unspecified atom stereocenters. The van der Waals surface area contributed by atoms with Crippen molar-refractivity contribution in [2.75, 3.05) is 13.7 Å². The summed E-state index contributed by atoms with van der Waals surface area (Å²) in [5.74, 6) is -2.41. The number of esters is 2. The molecule has 1 N–H and O–H groups in total. The maximum absolute atomic E-state index is 12.6. The van der Waals surface area contributed by atoms with Gasteiger partial charge in [-0.15, -0.1) is 0 Å². The number of ether oxygens (including phenoxy) is 2. The van der Waals surface area contributed by atoms with Gasteiger partial charge in [0.05, 0.1) is 7.11 Å². The Hall–Kier alpha value is -2.37. The number of rotatable bonds is 4. The lowest BCUT2D eigenvalue weighted by Crippen LogP contribution is -2.36. The van der Waals surface area contributed by atoms with Crippen LogP contribution in [0.4, 0.5) is 0 Å². The van der Waals surface area contributed by atoms with E-state index in [4.69, 9.17) is 9.47 Å². The number of nitrogens with one attached hydrogen (secondary N) is 1. The molecule has 0 amide bonds. The number of H-pyrrole nitrogens is 1. The number of hydrogen-bond acceptors (Lipinski definition) is 5. The van der Waals surface area contributed by atoms with Gasteiger partial charge in [0.1, 0.15) is 18.2 Å². The lowest BCUT2D eigenvalue weighted by Gasteiger charge is -2.25. The smallest absolute Gasteiger partial charge is 0.355 e. The van der Waals surface area contributed by atoms with Crippen molar-refractivity contribution in [1.82, 2.24) is 4.98 Å². The first-order valence-corrected chi connectivity index (χ1v) is 7.03. The maximum Gasteiger partial charge on any atom is 0.355 e. The van der Waals surface area contributed by atoms with Crippen LogP contribution in [0.1, 0.15) is 39.0 Å². The Kier molecular flexibility index (Phi) is 4.49. The molecule has 6 heteroatoms. The summed E-state index contributed by atoms with van der Waals surface area (Å²) in [5.41, 5.74) is 1.83. The number of carbonyl (C=O) groups excluding carboxylic acids is 3. The average molecular weight is 305 g/mol. The molecule has 1 aliphatic rings. The topological polar surface area (TPSA) is 85.5 Å². The highest BCUT2D eigenvalue weighted by Gasteiger charge is 2.41. The summed E-state index contributed by atoms with van der Waals surface area (Å²) < 4.78 is 9.72. The molecule has 2 atom stereocenters. The third kappa shape index (κ3) is 2.56. The van der Waals surface area contributed by atoms with E-state index in [1.165, 1.54) is 13.2 Å². The van der Waals surface area contributed by atoms with Crippen LogP contribution < -0.4 is 0 Å². The molecule has 6 nitrogen and oxygen atoms in total. The van der Waals surface area contributed by atoms with Gasteiger partial charge >= 0.3 is 11.9 Å². The zero-order valence-electron chi connectivity index (χ0n) is 12.9. The van der Waals surface area contributed by atoms with Gasteiger partial charge in [0.25, 0.3) is 0 Å². The number of methoxy groups -OCH3 is 1. The van der Waals surface area contributed by atoms with E-state index in [0.29, 0.717) is 23.2 Å². The molecule has 22 heavy (non-hydrogen) atoms. The fourth-order valence-corrected chi connectivity index (χ4v) is 2.88. The van der Waals surface area contributed by atoms with Gasteiger partial charge in [-0.1, -0.05) is 19.6 Å². The summed E-state index contributed by atoms with van der Waals surface area (Å²) >= 11 is 0. The largest absolute Gasteiger partial charge is 0.468 e. The van der Waals surface area contributed by atoms with E-state index in [1.807, 2.05) is 6.92 Å². The van der Waals surface area contributed by atoms with Crippen molar-refractivity contribution < 1.29 is 23.9 Å². The van der Waals surface area contributed by atoms with E-state index < -0.39 is 17.9 Å². The fourth-order valence-electron chi connectivity index (χ4n) is 2.88. The number of carbonyl (C=O) groups is 3. The van der Waals surface area contributed by atoms with Gasteiger partial charge in [-0.05, 0) is 24.8 Å². The Bertz CT molecular complexity index is 643. The fraction of sp³-hybridized carbons (Fsp3) is 0.438. The van der Waals surface area contributed by atoms with Crippen molar-refractivity contribution in [3.05, 3.63) is 35.2 Å². The molecule has 0 saturated heterocycles. The minimum absolute atomic E-state index is 0.0943. The monoisotopic (exact) mass is 305 g/mol. The number of hydrogen-bond donors (Lipinski definition) is 1. The predicted octanol–water partition coefficient (Wildman–Crippen LogP) is 1.83. The average Bonchev–Trinajstić information content (AvgIpc) is 2.81. The Morgan fingerprint density at radius 2 is 2.14 bits per heavy atom. The lowest BCUT2D eigenvalue weighted by atomic mass is 9.77. The highest BCUT2D eigenvalue weighted by Crippen LogP contribution is 2.34.